The van der Waals surface area contributed by atoms with Crippen LogP contribution < -0.4 is 9.62 Å². The van der Waals surface area contributed by atoms with Gasteiger partial charge in [-0.05, 0) is 80.3 Å². The first-order chi connectivity index (χ1) is 19.4. The topological polar surface area (TPSA) is 86.8 Å². The lowest BCUT2D eigenvalue weighted by Gasteiger charge is -2.33. The molecule has 1 N–H and O–H groups in total. The molecule has 0 unspecified atom stereocenters. The van der Waals surface area contributed by atoms with Crippen LogP contribution in [-0.2, 0) is 26.2 Å². The second-order valence-electron chi connectivity index (χ2n) is 9.74. The van der Waals surface area contributed by atoms with Crippen LogP contribution >= 0.6 is 34.8 Å². The molecule has 1 atom stereocenters. The second-order valence-corrected chi connectivity index (χ2v) is 12.9. The predicted molar refractivity (Wildman–Crippen MR) is 166 cm³/mol. The van der Waals surface area contributed by atoms with Gasteiger partial charge in [-0.1, -0.05) is 72.4 Å². The van der Waals surface area contributed by atoms with E-state index in [2.05, 4.69) is 5.32 Å². The smallest absolute Gasteiger partial charge is 0.264 e. The van der Waals surface area contributed by atoms with Crippen LogP contribution in [0, 0.1) is 13.8 Å². The third kappa shape index (κ3) is 8.16. The van der Waals surface area contributed by atoms with Crippen LogP contribution in [0.25, 0.3) is 0 Å². The van der Waals surface area contributed by atoms with Gasteiger partial charge < -0.3 is 10.2 Å². The van der Waals surface area contributed by atoms with Crippen molar-refractivity contribution in [1.82, 2.24) is 10.2 Å². The summed E-state index contributed by atoms with van der Waals surface area (Å²) in [4.78, 5) is 28.7. The first kappa shape index (κ1) is 32.7. The van der Waals surface area contributed by atoms with Gasteiger partial charge in [0.15, 0.2) is 0 Å². The molecule has 3 aromatic carbocycles. The average Bonchev–Trinajstić information content (AvgIpc) is 2.92. The molecule has 0 aliphatic rings. The Bertz CT molecular complexity index is 1500. The SMILES string of the molecule is CCCNC(=O)[C@@H](CC)N(Cc1ccc(Cl)c(Cl)c1)C(=O)CN(c1ccc(Cl)cc1C)S(=O)(=O)c1ccc(C)cc1. The van der Waals surface area contributed by atoms with Crippen LogP contribution in [0.3, 0.4) is 0 Å². The molecule has 0 aromatic heterocycles. The number of carbonyl (C=O) groups is 2. The lowest BCUT2D eigenvalue weighted by atomic mass is 10.1. The molecule has 3 rings (SSSR count). The number of carbonyl (C=O) groups excluding carboxylic acids is 2. The summed E-state index contributed by atoms with van der Waals surface area (Å²) < 4.78 is 29.1. The lowest BCUT2D eigenvalue weighted by molar-refractivity contribution is -0.140. The fraction of sp³-hybridized carbons (Fsp3) is 0.333. The monoisotopic (exact) mass is 637 g/mol. The molecule has 3 aromatic rings. The number of hydrogen-bond acceptors (Lipinski definition) is 4. The Labute approximate surface area is 257 Å². The van der Waals surface area contributed by atoms with Gasteiger partial charge >= 0.3 is 0 Å². The largest absolute Gasteiger partial charge is 0.354 e. The van der Waals surface area contributed by atoms with Crippen molar-refractivity contribution in [3.63, 3.8) is 0 Å². The van der Waals surface area contributed by atoms with Crippen LogP contribution in [0.4, 0.5) is 5.69 Å². The zero-order valence-corrected chi connectivity index (χ0v) is 26.5. The maximum Gasteiger partial charge on any atom is 0.264 e. The zero-order chi connectivity index (χ0) is 30.3. The Morgan fingerprint density at radius 1 is 0.902 bits per heavy atom. The Balaban J connectivity index is 2.10. The predicted octanol–water partition coefficient (Wildman–Crippen LogP) is 6.79. The van der Waals surface area contributed by atoms with Crippen molar-refractivity contribution in [2.24, 2.45) is 0 Å². The van der Waals surface area contributed by atoms with Gasteiger partial charge in [0, 0.05) is 18.1 Å². The van der Waals surface area contributed by atoms with Gasteiger partial charge in [-0.2, -0.15) is 0 Å². The molecule has 0 saturated carbocycles. The normalized spacial score (nSPS) is 12.1. The van der Waals surface area contributed by atoms with E-state index in [0.29, 0.717) is 44.8 Å². The van der Waals surface area contributed by atoms with Crippen molar-refractivity contribution in [2.45, 2.75) is 58.0 Å². The van der Waals surface area contributed by atoms with E-state index in [-0.39, 0.29) is 17.3 Å². The molecule has 0 aliphatic carbocycles. The van der Waals surface area contributed by atoms with E-state index in [1.165, 1.54) is 17.0 Å². The van der Waals surface area contributed by atoms with Gasteiger partial charge in [0.1, 0.15) is 12.6 Å². The number of rotatable bonds is 12. The minimum Gasteiger partial charge on any atom is -0.354 e. The number of hydrogen-bond donors (Lipinski definition) is 1. The first-order valence-electron chi connectivity index (χ1n) is 13.3. The van der Waals surface area contributed by atoms with Crippen LogP contribution in [0.15, 0.2) is 65.6 Å². The molecule has 0 radical (unpaired) electrons. The molecule has 11 heteroatoms. The maximum atomic E-state index is 14.1. The summed E-state index contributed by atoms with van der Waals surface area (Å²) in [6.45, 7) is 7.24. The standard InChI is InChI=1S/C30H34Cl3N3O4S/c1-5-15-34-30(38)27(6-2)35(18-22-9-13-25(32)26(33)17-22)29(37)19-36(28-14-10-23(31)16-21(28)4)41(39,40)24-11-7-20(3)8-12-24/h7-14,16-17,27H,5-6,15,18-19H2,1-4H3,(H,34,38)/t27-/m1/s1. The summed E-state index contributed by atoms with van der Waals surface area (Å²) >= 11 is 18.5. The minimum atomic E-state index is -4.18. The summed E-state index contributed by atoms with van der Waals surface area (Å²) in [6.07, 6.45) is 1.04. The summed E-state index contributed by atoms with van der Waals surface area (Å²) in [7, 11) is -4.18. The molecule has 0 aliphatic heterocycles. The quantitative estimate of drug-likeness (QED) is 0.237. The van der Waals surface area contributed by atoms with Gasteiger partial charge in [0.05, 0.1) is 20.6 Å². The number of sulfonamides is 1. The fourth-order valence-corrected chi connectivity index (χ4v) is 6.40. The molecule has 0 heterocycles. The Morgan fingerprint density at radius 2 is 1.59 bits per heavy atom. The summed E-state index contributed by atoms with van der Waals surface area (Å²) in [6, 6.07) is 15.3. The molecule has 0 fully saturated rings. The lowest BCUT2D eigenvalue weighted by Crippen LogP contribution is -2.52. The van der Waals surface area contributed by atoms with Crippen molar-refractivity contribution < 1.29 is 18.0 Å². The molecule has 0 spiro atoms. The molecule has 0 saturated heterocycles. The van der Waals surface area contributed by atoms with Crippen LogP contribution in [0.1, 0.15) is 43.4 Å². The number of aryl methyl sites for hydroxylation is 2. The summed E-state index contributed by atoms with van der Waals surface area (Å²) in [5.74, 6) is -0.877. The third-order valence-electron chi connectivity index (χ3n) is 6.59. The van der Waals surface area contributed by atoms with Gasteiger partial charge in [0.25, 0.3) is 10.0 Å². The summed E-state index contributed by atoms with van der Waals surface area (Å²) in [5, 5.41) is 3.96. The molecule has 0 bridgehead atoms. The van der Waals surface area contributed by atoms with Crippen molar-refractivity contribution in [2.75, 3.05) is 17.4 Å². The average molecular weight is 639 g/mol. The highest BCUT2D eigenvalue weighted by Gasteiger charge is 2.34. The van der Waals surface area contributed by atoms with E-state index >= 15 is 0 Å². The van der Waals surface area contributed by atoms with E-state index in [0.717, 1.165) is 16.3 Å². The van der Waals surface area contributed by atoms with E-state index in [9.17, 15) is 18.0 Å². The van der Waals surface area contributed by atoms with Crippen LogP contribution in [0.2, 0.25) is 15.1 Å². The maximum absolute atomic E-state index is 14.1. The minimum absolute atomic E-state index is 0.0196. The number of amides is 2. The van der Waals surface area contributed by atoms with Gasteiger partial charge in [-0.25, -0.2) is 8.42 Å². The van der Waals surface area contributed by atoms with Crippen molar-refractivity contribution in [1.29, 1.82) is 0 Å². The van der Waals surface area contributed by atoms with Crippen molar-refractivity contribution >= 4 is 62.3 Å². The summed E-state index contributed by atoms with van der Waals surface area (Å²) in [5.41, 5.74) is 2.42. The Hall–Kier alpha value is -2.78. The van der Waals surface area contributed by atoms with E-state index in [1.54, 1.807) is 62.4 Å². The van der Waals surface area contributed by atoms with E-state index in [1.807, 2.05) is 13.8 Å². The molecule has 220 valence electrons. The highest BCUT2D eigenvalue weighted by atomic mass is 35.5. The van der Waals surface area contributed by atoms with Crippen LogP contribution in [-0.4, -0.2) is 44.3 Å². The Morgan fingerprint density at radius 3 is 2.17 bits per heavy atom. The Kier molecular flexibility index (Phi) is 11.5. The van der Waals surface area contributed by atoms with Gasteiger partial charge in [-0.3, -0.25) is 13.9 Å². The van der Waals surface area contributed by atoms with Gasteiger partial charge in [0.2, 0.25) is 11.8 Å². The molecule has 41 heavy (non-hydrogen) atoms. The van der Waals surface area contributed by atoms with Crippen molar-refractivity contribution in [3.05, 3.63) is 92.4 Å². The van der Waals surface area contributed by atoms with E-state index < -0.39 is 28.5 Å². The number of anilines is 1. The number of halogens is 3. The fourth-order valence-electron chi connectivity index (χ4n) is 4.37. The zero-order valence-electron chi connectivity index (χ0n) is 23.5. The highest BCUT2D eigenvalue weighted by Crippen LogP contribution is 2.30. The van der Waals surface area contributed by atoms with Crippen molar-refractivity contribution in [3.8, 4) is 0 Å². The first-order valence-corrected chi connectivity index (χ1v) is 15.8. The number of nitrogens with one attached hydrogen (secondary N) is 1. The van der Waals surface area contributed by atoms with Crippen LogP contribution in [0.5, 0.6) is 0 Å². The third-order valence-corrected chi connectivity index (χ3v) is 9.34. The highest BCUT2D eigenvalue weighted by molar-refractivity contribution is 7.92. The molecule has 7 nitrogen and oxygen atoms in total. The number of nitrogens with zero attached hydrogens (tertiary/aromatic N) is 2. The molecular weight excluding hydrogens is 605 g/mol. The molecule has 2 amide bonds. The van der Waals surface area contributed by atoms with Gasteiger partial charge in [-0.15, -0.1) is 0 Å². The van der Waals surface area contributed by atoms with E-state index in [4.69, 9.17) is 34.8 Å². The number of benzene rings is 3. The second kappa shape index (κ2) is 14.4. The molecular formula is C30H34Cl3N3O4S.